The van der Waals surface area contributed by atoms with Crippen LogP contribution in [0.25, 0.3) is 0 Å². The quantitative estimate of drug-likeness (QED) is 0.863. The zero-order chi connectivity index (χ0) is 12.3. The van der Waals surface area contributed by atoms with E-state index in [2.05, 4.69) is 16.7 Å². The zero-order valence-corrected chi connectivity index (χ0v) is 10.2. The van der Waals surface area contributed by atoms with E-state index in [-0.39, 0.29) is 12.4 Å². The molecule has 0 atom stereocenters. The van der Waals surface area contributed by atoms with Crippen molar-refractivity contribution >= 4 is 5.69 Å². The molecule has 1 saturated heterocycles. The van der Waals surface area contributed by atoms with Crippen molar-refractivity contribution in [2.24, 2.45) is 0 Å². The summed E-state index contributed by atoms with van der Waals surface area (Å²) in [7, 11) is 0. The number of aliphatic hydroxyl groups excluding tert-OH is 1. The van der Waals surface area contributed by atoms with Crippen molar-refractivity contribution in [3.05, 3.63) is 29.6 Å². The standard InChI is InChI=1S/C13H19FN2O/c1-2-15-5-7-16(8-6-15)13-4-3-11(10-17)9-12(13)14/h3-4,9,17H,2,5-8,10H2,1H3. The number of rotatable bonds is 3. The maximum Gasteiger partial charge on any atom is 0.146 e. The van der Waals surface area contributed by atoms with Gasteiger partial charge in [0, 0.05) is 26.2 Å². The van der Waals surface area contributed by atoms with E-state index >= 15 is 0 Å². The Morgan fingerprint density at radius 3 is 2.47 bits per heavy atom. The molecule has 0 bridgehead atoms. The van der Waals surface area contributed by atoms with E-state index in [9.17, 15) is 4.39 Å². The predicted octanol–water partition coefficient (Wildman–Crippen LogP) is 1.46. The monoisotopic (exact) mass is 238 g/mol. The van der Waals surface area contributed by atoms with Gasteiger partial charge in [-0.05, 0) is 24.2 Å². The molecule has 94 valence electrons. The number of anilines is 1. The first-order valence-electron chi connectivity index (χ1n) is 6.11. The summed E-state index contributed by atoms with van der Waals surface area (Å²) < 4.78 is 13.8. The van der Waals surface area contributed by atoms with Gasteiger partial charge in [0.05, 0.1) is 12.3 Å². The van der Waals surface area contributed by atoms with E-state index in [1.807, 2.05) is 0 Å². The topological polar surface area (TPSA) is 26.7 Å². The third-order valence-electron chi connectivity index (χ3n) is 3.35. The minimum atomic E-state index is -0.235. The van der Waals surface area contributed by atoms with E-state index in [1.54, 1.807) is 12.1 Å². The van der Waals surface area contributed by atoms with Gasteiger partial charge in [0.2, 0.25) is 0 Å². The molecule has 0 unspecified atom stereocenters. The summed E-state index contributed by atoms with van der Waals surface area (Å²) in [5.74, 6) is -0.235. The number of aliphatic hydroxyl groups is 1. The molecule has 1 heterocycles. The SMILES string of the molecule is CCN1CCN(c2ccc(CO)cc2F)CC1. The Kier molecular flexibility index (Phi) is 3.97. The molecule has 0 spiro atoms. The molecular weight excluding hydrogens is 219 g/mol. The fourth-order valence-electron chi connectivity index (χ4n) is 2.21. The Hall–Kier alpha value is -1.13. The Bertz CT molecular complexity index is 376. The second kappa shape index (κ2) is 5.47. The average Bonchev–Trinajstić information content (AvgIpc) is 2.39. The molecule has 3 nitrogen and oxygen atoms in total. The highest BCUT2D eigenvalue weighted by atomic mass is 19.1. The Labute approximate surface area is 101 Å². The van der Waals surface area contributed by atoms with Gasteiger partial charge in [-0.25, -0.2) is 4.39 Å². The highest BCUT2D eigenvalue weighted by Gasteiger charge is 2.18. The summed E-state index contributed by atoms with van der Waals surface area (Å²) in [5.41, 5.74) is 1.27. The van der Waals surface area contributed by atoms with Gasteiger partial charge in [0.1, 0.15) is 5.82 Å². The van der Waals surface area contributed by atoms with Crippen molar-refractivity contribution in [1.29, 1.82) is 0 Å². The van der Waals surface area contributed by atoms with Crippen molar-refractivity contribution in [2.45, 2.75) is 13.5 Å². The maximum atomic E-state index is 13.8. The smallest absolute Gasteiger partial charge is 0.146 e. The van der Waals surface area contributed by atoms with Crippen molar-refractivity contribution in [1.82, 2.24) is 4.90 Å². The van der Waals surface area contributed by atoms with Gasteiger partial charge in [-0.3, -0.25) is 0 Å². The number of halogens is 1. The molecule has 1 N–H and O–H groups in total. The molecule has 0 saturated carbocycles. The lowest BCUT2D eigenvalue weighted by atomic mass is 10.1. The van der Waals surface area contributed by atoms with Crippen LogP contribution in [0.15, 0.2) is 18.2 Å². The normalized spacial score (nSPS) is 17.5. The van der Waals surface area contributed by atoms with Crippen LogP contribution in [0, 0.1) is 5.82 Å². The third-order valence-corrected chi connectivity index (χ3v) is 3.35. The molecule has 0 aromatic heterocycles. The predicted molar refractivity (Wildman–Crippen MR) is 66.6 cm³/mol. The van der Waals surface area contributed by atoms with E-state index in [1.165, 1.54) is 6.07 Å². The van der Waals surface area contributed by atoms with Gasteiger partial charge in [-0.15, -0.1) is 0 Å². The van der Waals surface area contributed by atoms with Crippen LogP contribution in [-0.2, 0) is 6.61 Å². The number of likely N-dealkylation sites (N-methyl/N-ethyl adjacent to an activating group) is 1. The van der Waals surface area contributed by atoms with Crippen LogP contribution < -0.4 is 4.90 Å². The maximum absolute atomic E-state index is 13.8. The lowest BCUT2D eigenvalue weighted by molar-refractivity contribution is 0.270. The highest BCUT2D eigenvalue weighted by Crippen LogP contribution is 2.21. The van der Waals surface area contributed by atoms with Crippen molar-refractivity contribution in [3.63, 3.8) is 0 Å². The van der Waals surface area contributed by atoms with Gasteiger partial charge in [-0.1, -0.05) is 13.0 Å². The number of hydrogen-bond donors (Lipinski definition) is 1. The number of benzene rings is 1. The van der Waals surface area contributed by atoms with Crippen LogP contribution in [0.4, 0.5) is 10.1 Å². The Morgan fingerprint density at radius 2 is 1.94 bits per heavy atom. The van der Waals surface area contributed by atoms with Gasteiger partial charge < -0.3 is 14.9 Å². The Balaban J connectivity index is 2.08. The third kappa shape index (κ3) is 2.76. The lowest BCUT2D eigenvalue weighted by Gasteiger charge is -2.35. The largest absolute Gasteiger partial charge is 0.392 e. The fourth-order valence-corrected chi connectivity index (χ4v) is 2.21. The molecule has 1 aliphatic heterocycles. The summed E-state index contributed by atoms with van der Waals surface area (Å²) in [5, 5.41) is 8.94. The molecule has 4 heteroatoms. The lowest BCUT2D eigenvalue weighted by Crippen LogP contribution is -2.46. The van der Waals surface area contributed by atoms with Crippen LogP contribution in [0.2, 0.25) is 0 Å². The first-order chi connectivity index (χ1) is 8.24. The van der Waals surface area contributed by atoms with Crippen molar-refractivity contribution in [2.75, 3.05) is 37.6 Å². The first kappa shape index (κ1) is 12.3. The highest BCUT2D eigenvalue weighted by molar-refractivity contribution is 5.49. The second-order valence-corrected chi connectivity index (χ2v) is 4.37. The van der Waals surface area contributed by atoms with Crippen LogP contribution in [-0.4, -0.2) is 42.7 Å². The van der Waals surface area contributed by atoms with E-state index in [4.69, 9.17) is 5.11 Å². The minimum Gasteiger partial charge on any atom is -0.392 e. The number of nitrogens with zero attached hydrogens (tertiary/aromatic N) is 2. The molecule has 0 amide bonds. The first-order valence-corrected chi connectivity index (χ1v) is 6.11. The average molecular weight is 238 g/mol. The molecule has 1 aromatic carbocycles. The molecule has 2 rings (SSSR count). The summed E-state index contributed by atoms with van der Waals surface area (Å²) in [4.78, 5) is 4.43. The summed E-state index contributed by atoms with van der Waals surface area (Å²) in [6.45, 7) is 6.79. The molecule has 17 heavy (non-hydrogen) atoms. The van der Waals surface area contributed by atoms with Crippen LogP contribution >= 0.6 is 0 Å². The Morgan fingerprint density at radius 1 is 1.24 bits per heavy atom. The fraction of sp³-hybridized carbons (Fsp3) is 0.538. The van der Waals surface area contributed by atoms with E-state index in [0.29, 0.717) is 11.3 Å². The minimum absolute atomic E-state index is 0.110. The number of piperazine rings is 1. The van der Waals surface area contributed by atoms with E-state index < -0.39 is 0 Å². The zero-order valence-electron chi connectivity index (χ0n) is 10.2. The second-order valence-electron chi connectivity index (χ2n) is 4.37. The summed E-state index contributed by atoms with van der Waals surface area (Å²) in [6, 6.07) is 4.97. The van der Waals surface area contributed by atoms with Crippen LogP contribution in [0.1, 0.15) is 12.5 Å². The molecule has 1 aromatic rings. The van der Waals surface area contributed by atoms with Gasteiger partial charge in [0.15, 0.2) is 0 Å². The molecule has 0 radical (unpaired) electrons. The van der Waals surface area contributed by atoms with Crippen LogP contribution in [0.5, 0.6) is 0 Å². The summed E-state index contributed by atoms with van der Waals surface area (Å²) >= 11 is 0. The molecular formula is C13H19FN2O. The van der Waals surface area contributed by atoms with Crippen molar-refractivity contribution < 1.29 is 9.50 Å². The molecule has 1 fully saturated rings. The van der Waals surface area contributed by atoms with Gasteiger partial charge in [0.25, 0.3) is 0 Å². The van der Waals surface area contributed by atoms with E-state index in [0.717, 1.165) is 32.7 Å². The van der Waals surface area contributed by atoms with Gasteiger partial charge >= 0.3 is 0 Å². The van der Waals surface area contributed by atoms with Crippen molar-refractivity contribution in [3.8, 4) is 0 Å². The number of hydrogen-bond acceptors (Lipinski definition) is 3. The summed E-state index contributed by atoms with van der Waals surface area (Å²) in [6.07, 6.45) is 0. The van der Waals surface area contributed by atoms with Crippen LogP contribution in [0.3, 0.4) is 0 Å². The van der Waals surface area contributed by atoms with Gasteiger partial charge in [-0.2, -0.15) is 0 Å². The molecule has 0 aliphatic carbocycles. The molecule has 1 aliphatic rings.